The first-order chi connectivity index (χ1) is 7.15. The summed E-state index contributed by atoms with van der Waals surface area (Å²) in [4.78, 5) is 0. The normalized spacial score (nSPS) is 11.9. The van der Waals surface area contributed by atoms with Gasteiger partial charge in [0.1, 0.15) is 11.6 Å². The molecule has 0 radical (unpaired) electrons. The highest BCUT2D eigenvalue weighted by Crippen LogP contribution is 2.20. The summed E-state index contributed by atoms with van der Waals surface area (Å²) in [5, 5.41) is 0. The van der Waals surface area contributed by atoms with Crippen molar-refractivity contribution in [1.82, 2.24) is 0 Å². The van der Waals surface area contributed by atoms with Crippen molar-refractivity contribution in [2.75, 3.05) is 6.61 Å². The monoisotopic (exact) mass is 207 g/mol. The topological polar surface area (TPSA) is 35.2 Å². The van der Waals surface area contributed by atoms with Crippen molar-refractivity contribution in [3.8, 4) is 18.1 Å². The largest absolute Gasteiger partial charge is 0.492 e. The molecule has 1 atom stereocenters. The van der Waals surface area contributed by atoms with Crippen LogP contribution < -0.4 is 10.5 Å². The highest BCUT2D eigenvalue weighted by molar-refractivity contribution is 5.30. The van der Waals surface area contributed by atoms with Crippen molar-refractivity contribution in [1.29, 1.82) is 0 Å². The summed E-state index contributed by atoms with van der Waals surface area (Å²) in [7, 11) is 0. The summed E-state index contributed by atoms with van der Waals surface area (Å²) in [5.41, 5.74) is 6.06. The minimum absolute atomic E-state index is 0.315. The summed E-state index contributed by atoms with van der Waals surface area (Å²) >= 11 is 0. The predicted molar refractivity (Wildman–Crippen MR) is 57.9 cm³/mol. The van der Waals surface area contributed by atoms with E-state index < -0.39 is 0 Å². The maximum atomic E-state index is 13.4. The van der Waals surface area contributed by atoms with Gasteiger partial charge in [0.15, 0.2) is 0 Å². The van der Waals surface area contributed by atoms with E-state index >= 15 is 0 Å². The Morgan fingerprint density at radius 1 is 1.60 bits per heavy atom. The van der Waals surface area contributed by atoms with Gasteiger partial charge in [0.2, 0.25) is 0 Å². The summed E-state index contributed by atoms with van der Waals surface area (Å²) in [6, 6.07) is 4.34. The van der Waals surface area contributed by atoms with E-state index in [1.807, 2.05) is 0 Å². The molecule has 2 N–H and O–H groups in total. The molecule has 0 aliphatic rings. The molecule has 3 heteroatoms. The molecule has 0 aliphatic heterocycles. The zero-order valence-corrected chi connectivity index (χ0v) is 8.66. The first kappa shape index (κ1) is 11.5. The molecule has 15 heavy (non-hydrogen) atoms. The molecule has 0 saturated carbocycles. The molecule has 0 unspecified atom stereocenters. The van der Waals surface area contributed by atoms with E-state index in [-0.39, 0.29) is 11.9 Å². The van der Waals surface area contributed by atoms with Gasteiger partial charge in [0, 0.05) is 24.1 Å². The minimum atomic E-state index is -0.344. The van der Waals surface area contributed by atoms with E-state index in [4.69, 9.17) is 16.9 Å². The summed E-state index contributed by atoms with van der Waals surface area (Å²) < 4.78 is 18.6. The molecular weight excluding hydrogens is 193 g/mol. The van der Waals surface area contributed by atoms with Crippen LogP contribution in [0, 0.1) is 18.2 Å². The number of hydrogen-bond donors (Lipinski definition) is 1. The minimum Gasteiger partial charge on any atom is -0.492 e. The Labute approximate surface area is 89.2 Å². The number of nitrogens with two attached hydrogens (primary N) is 1. The average Bonchev–Trinajstić information content (AvgIpc) is 2.17. The third-order valence-electron chi connectivity index (χ3n) is 1.98. The predicted octanol–water partition coefficient (Wildman–Crippen LogP) is 2.25. The lowest BCUT2D eigenvalue weighted by Crippen LogP contribution is -2.07. The first-order valence-electron chi connectivity index (χ1n) is 4.76. The van der Waals surface area contributed by atoms with Crippen molar-refractivity contribution in [2.45, 2.75) is 19.4 Å². The molecule has 0 saturated heterocycles. The van der Waals surface area contributed by atoms with E-state index in [0.717, 1.165) is 0 Å². The molecule has 0 fully saturated rings. The van der Waals surface area contributed by atoms with Crippen molar-refractivity contribution in [2.24, 2.45) is 5.73 Å². The van der Waals surface area contributed by atoms with Gasteiger partial charge >= 0.3 is 0 Å². The van der Waals surface area contributed by atoms with Gasteiger partial charge in [0.25, 0.3) is 0 Å². The van der Waals surface area contributed by atoms with E-state index in [2.05, 4.69) is 5.92 Å². The molecule has 80 valence electrons. The summed E-state index contributed by atoms with van der Waals surface area (Å²) in [6.07, 6.45) is 5.58. The van der Waals surface area contributed by atoms with Crippen LogP contribution >= 0.6 is 0 Å². The fourth-order valence-electron chi connectivity index (χ4n) is 1.19. The second-order valence-electron chi connectivity index (χ2n) is 3.27. The Balaban J connectivity index is 2.70. The molecule has 0 spiro atoms. The van der Waals surface area contributed by atoms with Crippen molar-refractivity contribution in [3.63, 3.8) is 0 Å². The van der Waals surface area contributed by atoms with Gasteiger partial charge in [-0.15, -0.1) is 12.3 Å². The fourth-order valence-corrected chi connectivity index (χ4v) is 1.19. The molecule has 1 rings (SSSR count). The third-order valence-corrected chi connectivity index (χ3v) is 1.98. The average molecular weight is 207 g/mol. The molecular formula is C12H14FNO. The molecule has 1 aromatic rings. The first-order valence-corrected chi connectivity index (χ1v) is 4.76. The lowest BCUT2D eigenvalue weighted by molar-refractivity contribution is 0.325. The van der Waals surface area contributed by atoms with Gasteiger partial charge in [-0.3, -0.25) is 0 Å². The second-order valence-corrected chi connectivity index (χ2v) is 3.27. The Kier molecular flexibility index (Phi) is 4.14. The number of hydrogen-bond acceptors (Lipinski definition) is 2. The van der Waals surface area contributed by atoms with Crippen LogP contribution in [0.15, 0.2) is 18.2 Å². The SMILES string of the molecule is C#CCCOc1ccc([C@H](C)N)c(F)c1. The molecule has 2 nitrogen and oxygen atoms in total. The zero-order chi connectivity index (χ0) is 11.3. The smallest absolute Gasteiger partial charge is 0.131 e. The van der Waals surface area contributed by atoms with Gasteiger partial charge in [-0.2, -0.15) is 0 Å². The van der Waals surface area contributed by atoms with Crippen LogP contribution in [0.25, 0.3) is 0 Å². The van der Waals surface area contributed by atoms with Crippen LogP contribution in [0.4, 0.5) is 4.39 Å². The van der Waals surface area contributed by atoms with E-state index in [9.17, 15) is 4.39 Å². The molecule has 0 aromatic heterocycles. The lowest BCUT2D eigenvalue weighted by Gasteiger charge is -2.09. The maximum Gasteiger partial charge on any atom is 0.131 e. The Bertz CT molecular complexity index is 368. The van der Waals surface area contributed by atoms with Crippen molar-refractivity contribution < 1.29 is 9.13 Å². The third kappa shape index (κ3) is 3.26. The molecule has 0 heterocycles. The number of rotatable bonds is 4. The Hall–Kier alpha value is -1.53. The number of ether oxygens (including phenoxy) is 1. The van der Waals surface area contributed by atoms with Crippen LogP contribution in [-0.2, 0) is 0 Å². The van der Waals surface area contributed by atoms with Crippen LogP contribution in [0.5, 0.6) is 5.75 Å². The van der Waals surface area contributed by atoms with Crippen LogP contribution in [0.3, 0.4) is 0 Å². The summed E-state index contributed by atoms with van der Waals surface area (Å²) in [6.45, 7) is 2.13. The van der Waals surface area contributed by atoms with Gasteiger partial charge < -0.3 is 10.5 Å². The van der Waals surface area contributed by atoms with E-state index in [1.165, 1.54) is 6.07 Å². The number of terminal acetylenes is 1. The fraction of sp³-hybridized carbons (Fsp3) is 0.333. The quantitative estimate of drug-likeness (QED) is 0.607. The molecule has 0 aliphatic carbocycles. The van der Waals surface area contributed by atoms with E-state index in [0.29, 0.717) is 24.3 Å². The van der Waals surface area contributed by atoms with Crippen LogP contribution in [0.1, 0.15) is 24.9 Å². The Morgan fingerprint density at radius 2 is 2.33 bits per heavy atom. The second kappa shape index (κ2) is 5.38. The number of benzene rings is 1. The van der Waals surface area contributed by atoms with Crippen molar-refractivity contribution in [3.05, 3.63) is 29.6 Å². The Morgan fingerprint density at radius 3 is 2.87 bits per heavy atom. The zero-order valence-electron chi connectivity index (χ0n) is 8.66. The molecule has 1 aromatic carbocycles. The number of halogens is 1. The molecule has 0 amide bonds. The van der Waals surface area contributed by atoms with Crippen molar-refractivity contribution >= 4 is 0 Å². The molecule has 0 bridgehead atoms. The summed E-state index contributed by atoms with van der Waals surface area (Å²) in [5.74, 6) is 2.58. The highest BCUT2D eigenvalue weighted by atomic mass is 19.1. The lowest BCUT2D eigenvalue weighted by atomic mass is 10.1. The van der Waals surface area contributed by atoms with Gasteiger partial charge in [-0.1, -0.05) is 6.07 Å². The van der Waals surface area contributed by atoms with Gasteiger partial charge in [-0.25, -0.2) is 4.39 Å². The van der Waals surface area contributed by atoms with Gasteiger partial charge in [0.05, 0.1) is 6.61 Å². The highest BCUT2D eigenvalue weighted by Gasteiger charge is 2.07. The van der Waals surface area contributed by atoms with E-state index in [1.54, 1.807) is 19.1 Å². The van der Waals surface area contributed by atoms with Crippen LogP contribution in [-0.4, -0.2) is 6.61 Å². The maximum absolute atomic E-state index is 13.4. The van der Waals surface area contributed by atoms with Gasteiger partial charge in [-0.05, 0) is 13.0 Å². The standard InChI is InChI=1S/C12H14FNO/c1-3-4-7-15-10-5-6-11(9(2)14)12(13)8-10/h1,5-6,8-9H,4,7,14H2,2H3/t9-/m0/s1. The van der Waals surface area contributed by atoms with Crippen LogP contribution in [0.2, 0.25) is 0 Å².